The van der Waals surface area contributed by atoms with Crippen LogP contribution in [-0.4, -0.2) is 17.6 Å². The van der Waals surface area contributed by atoms with Gasteiger partial charge in [-0.25, -0.2) is 0 Å². The number of benzene rings is 2. The first-order chi connectivity index (χ1) is 12.3. The van der Waals surface area contributed by atoms with Gasteiger partial charge in [-0.3, -0.25) is 5.43 Å². The Morgan fingerprint density at radius 1 is 1.12 bits per heavy atom. The van der Waals surface area contributed by atoms with Crippen molar-refractivity contribution in [1.82, 2.24) is 5.43 Å². The lowest BCUT2D eigenvalue weighted by Crippen LogP contribution is -2.26. The van der Waals surface area contributed by atoms with Gasteiger partial charge in [-0.15, -0.1) is 0 Å². The van der Waals surface area contributed by atoms with Gasteiger partial charge in [-0.05, 0) is 49.5 Å². The van der Waals surface area contributed by atoms with Gasteiger partial charge in [0, 0.05) is 5.56 Å². The van der Waals surface area contributed by atoms with Gasteiger partial charge in [-0.1, -0.05) is 12.1 Å². The molecule has 136 valence electrons. The van der Waals surface area contributed by atoms with E-state index in [2.05, 4.69) is 15.8 Å². The van der Waals surface area contributed by atoms with Crippen molar-refractivity contribution in [2.75, 3.05) is 12.1 Å². The highest BCUT2D eigenvalue weighted by Gasteiger charge is 2.33. The summed E-state index contributed by atoms with van der Waals surface area (Å²) in [7, 11) is 0. The summed E-state index contributed by atoms with van der Waals surface area (Å²) in [6.45, 7) is 1.90. The summed E-state index contributed by atoms with van der Waals surface area (Å²) < 4.78 is 49.5. The lowest BCUT2D eigenvalue weighted by molar-refractivity contribution is -0.136. The predicted octanol–water partition coefficient (Wildman–Crippen LogP) is 4.14. The minimum absolute atomic E-state index is 0.0539. The second-order valence-electron chi connectivity index (χ2n) is 5.37. The zero-order chi connectivity index (χ0) is 18.7. The summed E-state index contributed by atoms with van der Waals surface area (Å²) in [6.07, 6.45) is -4.48. The Bertz CT molecular complexity index is 869. The minimum atomic E-state index is -4.48. The van der Waals surface area contributed by atoms with E-state index in [0.717, 1.165) is 11.6 Å². The molecular weight excluding hydrogens is 367 g/mol. The molecule has 0 atom stereocenters. The zero-order valence-corrected chi connectivity index (χ0v) is 14.4. The Morgan fingerprint density at radius 3 is 2.62 bits per heavy atom. The molecule has 0 spiro atoms. The number of thiocarbonyl (C=S) groups is 1. The molecule has 0 saturated heterocycles. The van der Waals surface area contributed by atoms with Gasteiger partial charge in [0.05, 0.1) is 17.0 Å². The van der Waals surface area contributed by atoms with Crippen LogP contribution in [0.3, 0.4) is 0 Å². The van der Waals surface area contributed by atoms with Crippen LogP contribution in [-0.2, 0) is 6.18 Å². The average molecular weight is 381 g/mol. The van der Waals surface area contributed by atoms with Crippen molar-refractivity contribution in [2.24, 2.45) is 5.10 Å². The van der Waals surface area contributed by atoms with E-state index in [1.54, 1.807) is 25.1 Å². The number of halogens is 3. The van der Waals surface area contributed by atoms with Gasteiger partial charge in [0.25, 0.3) is 0 Å². The first kappa shape index (κ1) is 18.0. The highest BCUT2D eigenvalue weighted by atomic mass is 32.1. The number of para-hydroxylation sites is 1. The van der Waals surface area contributed by atoms with Gasteiger partial charge < -0.3 is 14.8 Å². The SMILES string of the molecule is C/C(=N\NC(=S)Nc1ccccc1C(F)(F)F)c1ccc2c(c1)OCO2. The van der Waals surface area contributed by atoms with E-state index in [1.165, 1.54) is 18.2 Å². The summed E-state index contributed by atoms with van der Waals surface area (Å²) in [5.74, 6) is 1.26. The number of nitrogens with one attached hydrogen (secondary N) is 2. The summed E-state index contributed by atoms with van der Waals surface area (Å²) in [4.78, 5) is 0. The van der Waals surface area contributed by atoms with E-state index in [4.69, 9.17) is 21.7 Å². The fraction of sp³-hybridized carbons (Fsp3) is 0.176. The van der Waals surface area contributed by atoms with E-state index < -0.39 is 11.7 Å². The van der Waals surface area contributed by atoms with Crippen molar-refractivity contribution in [1.29, 1.82) is 0 Å². The molecule has 2 aromatic rings. The molecule has 2 aromatic carbocycles. The molecule has 5 nitrogen and oxygen atoms in total. The number of anilines is 1. The van der Waals surface area contributed by atoms with Crippen LogP contribution in [0.15, 0.2) is 47.6 Å². The molecule has 3 rings (SSSR count). The van der Waals surface area contributed by atoms with Crippen molar-refractivity contribution in [3.8, 4) is 11.5 Å². The van der Waals surface area contributed by atoms with E-state index >= 15 is 0 Å². The molecule has 0 bridgehead atoms. The maximum Gasteiger partial charge on any atom is 0.418 e. The zero-order valence-electron chi connectivity index (χ0n) is 13.6. The molecule has 0 unspecified atom stereocenters. The summed E-state index contributed by atoms with van der Waals surface area (Å²) in [5, 5.41) is 6.55. The Morgan fingerprint density at radius 2 is 1.85 bits per heavy atom. The first-order valence-corrected chi connectivity index (χ1v) is 7.93. The largest absolute Gasteiger partial charge is 0.454 e. The van der Waals surface area contributed by atoms with Gasteiger partial charge >= 0.3 is 6.18 Å². The maximum atomic E-state index is 13.0. The predicted molar refractivity (Wildman–Crippen MR) is 95.6 cm³/mol. The summed E-state index contributed by atoms with van der Waals surface area (Å²) >= 11 is 5.02. The van der Waals surface area contributed by atoms with Crippen LogP contribution in [0.5, 0.6) is 11.5 Å². The Hall–Kier alpha value is -2.81. The third-order valence-electron chi connectivity index (χ3n) is 3.60. The van der Waals surface area contributed by atoms with Gasteiger partial charge in [0.15, 0.2) is 16.6 Å². The van der Waals surface area contributed by atoms with Crippen LogP contribution < -0.4 is 20.2 Å². The van der Waals surface area contributed by atoms with Crippen LogP contribution in [0.2, 0.25) is 0 Å². The Labute approximate surface area is 152 Å². The number of hydrogen-bond donors (Lipinski definition) is 2. The summed E-state index contributed by atoms with van der Waals surface area (Å²) in [5.41, 5.74) is 2.94. The van der Waals surface area contributed by atoms with E-state index in [0.29, 0.717) is 17.2 Å². The minimum Gasteiger partial charge on any atom is -0.454 e. The van der Waals surface area contributed by atoms with Gasteiger partial charge in [0.2, 0.25) is 6.79 Å². The van der Waals surface area contributed by atoms with Crippen molar-refractivity contribution >= 4 is 28.7 Å². The molecule has 1 aliphatic rings. The quantitative estimate of drug-likeness (QED) is 0.475. The molecule has 0 radical (unpaired) electrons. The van der Waals surface area contributed by atoms with Gasteiger partial charge in [0.1, 0.15) is 0 Å². The lowest BCUT2D eigenvalue weighted by atomic mass is 10.1. The van der Waals surface area contributed by atoms with Crippen molar-refractivity contribution in [3.63, 3.8) is 0 Å². The second kappa shape index (κ2) is 7.20. The normalized spacial score (nSPS) is 13.5. The molecule has 0 aliphatic carbocycles. The molecule has 0 fully saturated rings. The number of rotatable bonds is 3. The average Bonchev–Trinajstić information content (AvgIpc) is 3.07. The number of ether oxygens (including phenoxy) is 2. The fourth-order valence-corrected chi connectivity index (χ4v) is 2.47. The highest BCUT2D eigenvalue weighted by molar-refractivity contribution is 7.80. The molecule has 1 aliphatic heterocycles. The van der Waals surface area contributed by atoms with E-state index in [-0.39, 0.29) is 17.6 Å². The molecular formula is C17H14F3N3O2S. The van der Waals surface area contributed by atoms with E-state index in [1.807, 2.05) is 0 Å². The summed E-state index contributed by atoms with van der Waals surface area (Å²) in [6, 6.07) is 10.4. The molecule has 0 amide bonds. The third kappa shape index (κ3) is 4.05. The third-order valence-corrected chi connectivity index (χ3v) is 3.79. The topological polar surface area (TPSA) is 54.9 Å². The number of hydrazone groups is 1. The number of nitrogens with zero attached hydrogens (tertiary/aromatic N) is 1. The highest BCUT2D eigenvalue weighted by Crippen LogP contribution is 2.34. The molecule has 2 N–H and O–H groups in total. The fourth-order valence-electron chi connectivity index (χ4n) is 2.31. The van der Waals surface area contributed by atoms with Crippen LogP contribution >= 0.6 is 12.2 Å². The van der Waals surface area contributed by atoms with Crippen molar-refractivity contribution in [2.45, 2.75) is 13.1 Å². The number of hydrogen-bond acceptors (Lipinski definition) is 4. The van der Waals surface area contributed by atoms with E-state index in [9.17, 15) is 13.2 Å². The molecule has 0 aromatic heterocycles. The standard InChI is InChI=1S/C17H14F3N3O2S/c1-10(11-6-7-14-15(8-11)25-9-24-14)22-23-16(26)21-13-5-3-2-4-12(13)17(18,19)20/h2-8H,9H2,1H3,(H2,21,23,26)/b22-10+. The van der Waals surface area contributed by atoms with Crippen LogP contribution in [0.4, 0.5) is 18.9 Å². The second-order valence-corrected chi connectivity index (χ2v) is 5.78. The Balaban J connectivity index is 1.68. The lowest BCUT2D eigenvalue weighted by Gasteiger charge is -2.14. The first-order valence-electron chi connectivity index (χ1n) is 7.52. The monoisotopic (exact) mass is 381 g/mol. The Kier molecular flexibility index (Phi) is 4.99. The molecule has 0 saturated carbocycles. The van der Waals surface area contributed by atoms with Crippen LogP contribution in [0.25, 0.3) is 0 Å². The van der Waals surface area contributed by atoms with Crippen LogP contribution in [0, 0.1) is 0 Å². The molecule has 1 heterocycles. The molecule has 9 heteroatoms. The van der Waals surface area contributed by atoms with Crippen molar-refractivity contribution < 1.29 is 22.6 Å². The molecule has 26 heavy (non-hydrogen) atoms. The number of alkyl halides is 3. The maximum absolute atomic E-state index is 13.0. The smallest absolute Gasteiger partial charge is 0.418 e. The van der Waals surface area contributed by atoms with Crippen molar-refractivity contribution in [3.05, 3.63) is 53.6 Å². The number of fused-ring (bicyclic) bond motifs is 1. The van der Waals surface area contributed by atoms with Gasteiger partial charge in [-0.2, -0.15) is 18.3 Å². The van der Waals surface area contributed by atoms with Crippen LogP contribution in [0.1, 0.15) is 18.1 Å².